The average Bonchev–Trinajstić information content (AvgIpc) is 2.69. The molecule has 0 fully saturated rings. The fourth-order valence-electron chi connectivity index (χ4n) is 2.75. The molecule has 0 unspecified atom stereocenters. The van der Waals surface area contributed by atoms with Crippen LogP contribution in [0.5, 0.6) is 11.5 Å². The minimum atomic E-state index is -4.65. The maximum Gasteiger partial charge on any atom is 0.418 e. The predicted octanol–water partition coefficient (Wildman–Crippen LogP) is 3.98. The molecule has 2 N–H and O–H groups in total. The largest absolute Gasteiger partial charge is 0.493 e. The van der Waals surface area contributed by atoms with Crippen molar-refractivity contribution in [1.29, 1.82) is 0 Å². The number of para-hydroxylation sites is 1. The zero-order valence-corrected chi connectivity index (χ0v) is 15.4. The van der Waals surface area contributed by atoms with Gasteiger partial charge < -0.3 is 19.9 Å². The maximum atomic E-state index is 13.3. The summed E-state index contributed by atoms with van der Waals surface area (Å²) in [6.45, 7) is 0.0784. The van der Waals surface area contributed by atoms with Crippen LogP contribution in [0.25, 0.3) is 11.0 Å². The van der Waals surface area contributed by atoms with Crippen LogP contribution in [0, 0.1) is 0 Å². The monoisotopic (exact) mass is 407 g/mol. The van der Waals surface area contributed by atoms with Crippen LogP contribution < -0.4 is 14.8 Å². The quantitative estimate of drug-likeness (QED) is 0.638. The number of nitrogens with zero attached hydrogens (tertiary/aromatic N) is 2. The number of anilines is 1. The number of rotatable bonds is 6. The number of hydrogen-bond acceptors (Lipinski definition) is 6. The molecule has 2 aromatic carbocycles. The van der Waals surface area contributed by atoms with Crippen LogP contribution in [0.15, 0.2) is 36.4 Å². The van der Waals surface area contributed by atoms with E-state index in [0.29, 0.717) is 17.1 Å². The number of methoxy groups -OCH3 is 2. The second kappa shape index (κ2) is 7.82. The molecular formula is C19H16F3N3O4. The van der Waals surface area contributed by atoms with Crippen molar-refractivity contribution < 1.29 is 32.5 Å². The van der Waals surface area contributed by atoms with E-state index in [1.54, 1.807) is 18.2 Å². The van der Waals surface area contributed by atoms with E-state index in [2.05, 4.69) is 15.3 Å². The Hall–Kier alpha value is -3.56. The molecule has 0 saturated carbocycles. The maximum absolute atomic E-state index is 13.3. The highest BCUT2D eigenvalue weighted by Crippen LogP contribution is 2.34. The molecule has 1 heterocycles. The smallest absolute Gasteiger partial charge is 0.418 e. The van der Waals surface area contributed by atoms with Gasteiger partial charge in [0.05, 0.1) is 25.3 Å². The van der Waals surface area contributed by atoms with Crippen LogP contribution >= 0.6 is 0 Å². The first-order valence-electron chi connectivity index (χ1n) is 8.30. The third kappa shape index (κ3) is 4.15. The Labute approximate surface area is 163 Å². The normalized spacial score (nSPS) is 11.3. The number of benzene rings is 2. The second-order valence-electron chi connectivity index (χ2n) is 5.94. The van der Waals surface area contributed by atoms with Gasteiger partial charge in [0.2, 0.25) is 0 Å². The van der Waals surface area contributed by atoms with Gasteiger partial charge in [0.1, 0.15) is 5.52 Å². The first kappa shape index (κ1) is 20.2. The van der Waals surface area contributed by atoms with Crippen LogP contribution in [0.2, 0.25) is 0 Å². The molecule has 0 spiro atoms. The van der Waals surface area contributed by atoms with Crippen LogP contribution in [-0.4, -0.2) is 35.3 Å². The van der Waals surface area contributed by atoms with Gasteiger partial charge in [-0.25, -0.2) is 14.8 Å². The Morgan fingerprint density at radius 2 is 1.83 bits per heavy atom. The summed E-state index contributed by atoms with van der Waals surface area (Å²) in [7, 11) is 2.95. The number of aromatic nitrogens is 2. The first-order chi connectivity index (χ1) is 13.7. The zero-order valence-electron chi connectivity index (χ0n) is 15.4. The number of fused-ring (bicyclic) bond motifs is 1. The molecule has 3 aromatic rings. The third-order valence-corrected chi connectivity index (χ3v) is 4.11. The highest BCUT2D eigenvalue weighted by atomic mass is 19.4. The van der Waals surface area contributed by atoms with Crippen molar-refractivity contribution in [2.45, 2.75) is 12.7 Å². The van der Waals surface area contributed by atoms with E-state index < -0.39 is 28.9 Å². The van der Waals surface area contributed by atoms with Crippen LogP contribution in [-0.2, 0) is 12.7 Å². The number of alkyl halides is 3. The lowest BCUT2D eigenvalue weighted by molar-refractivity contribution is -0.136. The SMILES string of the molecule is COc1ccc(CNc2nc3c(C(F)(F)F)cccc3nc2C(=O)O)cc1OC. The van der Waals surface area contributed by atoms with E-state index in [-0.39, 0.29) is 17.9 Å². The summed E-state index contributed by atoms with van der Waals surface area (Å²) in [5, 5.41) is 12.2. The topological polar surface area (TPSA) is 93.6 Å². The van der Waals surface area contributed by atoms with Gasteiger partial charge in [-0.1, -0.05) is 12.1 Å². The summed E-state index contributed by atoms with van der Waals surface area (Å²) < 4.78 is 50.2. The number of halogens is 3. The van der Waals surface area contributed by atoms with E-state index >= 15 is 0 Å². The molecule has 0 bridgehead atoms. The summed E-state index contributed by atoms with van der Waals surface area (Å²) in [6.07, 6.45) is -4.65. The molecule has 0 amide bonds. The zero-order chi connectivity index (χ0) is 21.2. The van der Waals surface area contributed by atoms with E-state index in [1.165, 1.54) is 20.3 Å². The lowest BCUT2D eigenvalue weighted by atomic mass is 10.1. The Balaban J connectivity index is 2.01. The number of ether oxygens (including phenoxy) is 2. The highest BCUT2D eigenvalue weighted by molar-refractivity contribution is 5.94. The van der Waals surface area contributed by atoms with Gasteiger partial charge in [-0.3, -0.25) is 0 Å². The Kier molecular flexibility index (Phi) is 5.44. The molecule has 0 aliphatic rings. The van der Waals surface area contributed by atoms with Crippen molar-refractivity contribution in [2.24, 2.45) is 0 Å². The van der Waals surface area contributed by atoms with Gasteiger partial charge >= 0.3 is 12.1 Å². The number of carboxylic acid groups (broad SMARTS) is 1. The van der Waals surface area contributed by atoms with Gasteiger partial charge in [-0.15, -0.1) is 0 Å². The minimum absolute atomic E-state index is 0.0784. The lowest BCUT2D eigenvalue weighted by Crippen LogP contribution is -2.13. The summed E-state index contributed by atoms with van der Waals surface area (Å²) >= 11 is 0. The molecule has 7 nitrogen and oxygen atoms in total. The number of nitrogens with one attached hydrogen (secondary N) is 1. The minimum Gasteiger partial charge on any atom is -0.493 e. The van der Waals surface area contributed by atoms with E-state index in [9.17, 15) is 23.1 Å². The number of carboxylic acids is 1. The van der Waals surface area contributed by atoms with Gasteiger partial charge in [-0.05, 0) is 29.8 Å². The Morgan fingerprint density at radius 3 is 2.45 bits per heavy atom. The molecule has 1 aromatic heterocycles. The standard InChI is InChI=1S/C19H16F3N3O4/c1-28-13-7-6-10(8-14(13)29-2)9-23-17-16(18(26)27)24-12-5-3-4-11(15(12)25-17)19(20,21)22/h3-8H,9H2,1-2H3,(H,23,25)(H,26,27). The lowest BCUT2D eigenvalue weighted by Gasteiger charge is -2.14. The van der Waals surface area contributed by atoms with Crippen molar-refractivity contribution in [3.8, 4) is 11.5 Å². The van der Waals surface area contributed by atoms with Crippen molar-refractivity contribution in [1.82, 2.24) is 9.97 Å². The van der Waals surface area contributed by atoms with Crippen molar-refractivity contribution in [3.63, 3.8) is 0 Å². The predicted molar refractivity (Wildman–Crippen MR) is 98.4 cm³/mol. The van der Waals surface area contributed by atoms with E-state index in [1.807, 2.05) is 0 Å². The number of aromatic carboxylic acids is 1. The molecule has 0 aliphatic heterocycles. The van der Waals surface area contributed by atoms with E-state index in [0.717, 1.165) is 12.1 Å². The molecule has 152 valence electrons. The fraction of sp³-hybridized carbons (Fsp3) is 0.211. The fourth-order valence-corrected chi connectivity index (χ4v) is 2.75. The van der Waals surface area contributed by atoms with Crippen LogP contribution in [0.4, 0.5) is 19.0 Å². The molecule has 0 aliphatic carbocycles. The molecule has 3 rings (SSSR count). The number of carbonyl (C=O) groups is 1. The molecule has 0 radical (unpaired) electrons. The summed E-state index contributed by atoms with van der Waals surface area (Å²) in [5.74, 6) is -0.722. The van der Waals surface area contributed by atoms with Crippen LogP contribution in [0.1, 0.15) is 21.6 Å². The van der Waals surface area contributed by atoms with Crippen molar-refractivity contribution in [2.75, 3.05) is 19.5 Å². The average molecular weight is 407 g/mol. The summed E-state index contributed by atoms with van der Waals surface area (Å²) in [4.78, 5) is 19.3. The Bertz CT molecular complexity index is 1070. The van der Waals surface area contributed by atoms with Crippen LogP contribution in [0.3, 0.4) is 0 Å². The van der Waals surface area contributed by atoms with E-state index in [4.69, 9.17) is 9.47 Å². The highest BCUT2D eigenvalue weighted by Gasteiger charge is 2.34. The Morgan fingerprint density at radius 1 is 1.10 bits per heavy atom. The third-order valence-electron chi connectivity index (χ3n) is 4.11. The van der Waals surface area contributed by atoms with Gasteiger partial charge in [0, 0.05) is 6.54 Å². The molecule has 10 heteroatoms. The number of hydrogen-bond donors (Lipinski definition) is 2. The summed E-state index contributed by atoms with van der Waals surface area (Å²) in [5.41, 5.74) is -1.38. The van der Waals surface area contributed by atoms with Gasteiger partial charge in [0.25, 0.3) is 0 Å². The molecular weight excluding hydrogens is 391 g/mol. The molecule has 0 saturated heterocycles. The van der Waals surface area contributed by atoms with Crippen molar-refractivity contribution in [3.05, 3.63) is 53.2 Å². The van der Waals surface area contributed by atoms with Gasteiger partial charge in [0.15, 0.2) is 23.0 Å². The first-order valence-corrected chi connectivity index (χ1v) is 8.30. The second-order valence-corrected chi connectivity index (χ2v) is 5.94. The molecule has 0 atom stereocenters. The molecule has 29 heavy (non-hydrogen) atoms. The van der Waals surface area contributed by atoms with Gasteiger partial charge in [-0.2, -0.15) is 13.2 Å². The summed E-state index contributed by atoms with van der Waals surface area (Å²) in [6, 6.07) is 8.31. The van der Waals surface area contributed by atoms with Crippen molar-refractivity contribution >= 4 is 22.8 Å².